The van der Waals surface area contributed by atoms with Gasteiger partial charge in [-0.05, 0) is 20.8 Å². The molecule has 3 heteroatoms. The molecule has 0 N–H and O–H groups in total. The van der Waals surface area contributed by atoms with Crippen LogP contribution in [0.1, 0.15) is 16.7 Å². The summed E-state index contributed by atoms with van der Waals surface area (Å²) >= 11 is 0. The third kappa shape index (κ3) is 3.91. The second-order valence-corrected chi connectivity index (χ2v) is 9.73. The summed E-state index contributed by atoms with van der Waals surface area (Å²) in [6, 6.07) is 4.58. The van der Waals surface area contributed by atoms with Gasteiger partial charge in [0.15, 0.2) is 0 Å². The molecule has 0 fully saturated rings. The molecule has 0 heterocycles. The molecule has 0 saturated heterocycles. The van der Waals surface area contributed by atoms with Crippen molar-refractivity contribution in [2.75, 3.05) is 0 Å². The Labute approximate surface area is 103 Å². The molecule has 0 saturated carbocycles. The SMILES string of the molecule is Cc1cc(C)c([P-][Si](C)C)c(C)c1.[Li+]. The van der Waals surface area contributed by atoms with E-state index < -0.39 is 0 Å². The minimum absolute atomic E-state index is 0. The first-order valence-electron chi connectivity index (χ1n) is 4.60. The number of rotatable bonds is 2. The van der Waals surface area contributed by atoms with E-state index in [2.05, 4.69) is 46.0 Å². The van der Waals surface area contributed by atoms with Gasteiger partial charge in [-0.25, -0.2) is 5.30 Å². The Morgan fingerprint density at radius 1 is 1.00 bits per heavy atom. The third-order valence-electron chi connectivity index (χ3n) is 1.97. The fourth-order valence-corrected chi connectivity index (χ4v) is 4.90. The molecule has 0 aliphatic heterocycles. The molecule has 0 aliphatic rings. The summed E-state index contributed by atoms with van der Waals surface area (Å²) in [6.45, 7) is 11.4. The summed E-state index contributed by atoms with van der Waals surface area (Å²) in [5.41, 5.74) is 4.31. The normalized spacial score (nSPS) is 11.0. The molecule has 1 aromatic rings. The van der Waals surface area contributed by atoms with Gasteiger partial charge < -0.3 is 8.13 Å². The van der Waals surface area contributed by atoms with Crippen LogP contribution in [0.2, 0.25) is 13.1 Å². The van der Waals surface area contributed by atoms with Crippen LogP contribution in [0.3, 0.4) is 0 Å². The Morgan fingerprint density at radius 2 is 1.43 bits per heavy atom. The monoisotopic (exact) mass is 215 g/mol. The fraction of sp³-hybridized carbons (Fsp3) is 0.455. The van der Waals surface area contributed by atoms with E-state index in [0.29, 0.717) is 0 Å². The molecule has 14 heavy (non-hydrogen) atoms. The fourth-order valence-electron chi connectivity index (χ4n) is 1.57. The van der Waals surface area contributed by atoms with E-state index in [9.17, 15) is 0 Å². The zero-order chi connectivity index (χ0) is 10.0. The van der Waals surface area contributed by atoms with Crippen molar-refractivity contribution < 1.29 is 18.9 Å². The Hall–Kier alpha value is 0.464. The van der Waals surface area contributed by atoms with Crippen LogP contribution in [-0.2, 0) is 0 Å². The first-order valence-corrected chi connectivity index (χ1v) is 8.84. The molecule has 0 aliphatic carbocycles. The van der Waals surface area contributed by atoms with Crippen molar-refractivity contribution in [2.45, 2.75) is 33.9 Å². The molecule has 0 bridgehead atoms. The Balaban J connectivity index is 0.00000169. The Bertz CT molecular complexity index is 287. The van der Waals surface area contributed by atoms with E-state index >= 15 is 0 Å². The molecule has 1 aromatic carbocycles. The van der Waals surface area contributed by atoms with Gasteiger partial charge in [0.05, 0.1) is 0 Å². The summed E-state index contributed by atoms with van der Waals surface area (Å²) in [5, 5.41) is 1.56. The summed E-state index contributed by atoms with van der Waals surface area (Å²) in [4.78, 5) is 0. The van der Waals surface area contributed by atoms with Crippen LogP contribution < -0.4 is 24.2 Å². The smallest absolute Gasteiger partial charge is 0.510 e. The number of hydrogen-bond donors (Lipinski definition) is 0. The van der Waals surface area contributed by atoms with Gasteiger partial charge in [0, 0.05) is 0 Å². The van der Waals surface area contributed by atoms with Crippen molar-refractivity contribution in [3.05, 3.63) is 28.8 Å². The second-order valence-electron chi connectivity index (χ2n) is 3.81. The van der Waals surface area contributed by atoms with Gasteiger partial charge in [0.2, 0.25) is 0 Å². The van der Waals surface area contributed by atoms with Gasteiger partial charge in [-0.15, -0.1) is 8.46 Å². The zero-order valence-electron chi connectivity index (χ0n) is 10.1. The van der Waals surface area contributed by atoms with Crippen molar-refractivity contribution in [1.82, 2.24) is 0 Å². The predicted molar refractivity (Wildman–Crippen MR) is 64.7 cm³/mol. The number of aryl methyl sites for hydroxylation is 3. The Kier molecular flexibility index (Phi) is 6.34. The van der Waals surface area contributed by atoms with Crippen LogP contribution in [0.4, 0.5) is 0 Å². The van der Waals surface area contributed by atoms with Crippen LogP contribution in [0, 0.1) is 20.8 Å². The zero-order valence-corrected chi connectivity index (χ0v) is 12.0. The largest absolute Gasteiger partial charge is 1.00 e. The molecule has 0 atom stereocenters. The summed E-state index contributed by atoms with van der Waals surface area (Å²) < 4.78 is 0. The summed E-state index contributed by atoms with van der Waals surface area (Å²) in [7, 11) is 1.39. The molecule has 0 spiro atoms. The van der Waals surface area contributed by atoms with E-state index in [4.69, 9.17) is 0 Å². The van der Waals surface area contributed by atoms with Gasteiger partial charge in [-0.3, -0.25) is 0 Å². The number of benzene rings is 1. The summed E-state index contributed by atoms with van der Waals surface area (Å²) in [6.07, 6.45) is 0. The molecule has 1 rings (SSSR count). The van der Waals surface area contributed by atoms with Crippen LogP contribution >= 0.6 is 8.13 Å². The van der Waals surface area contributed by atoms with Crippen molar-refractivity contribution in [3.63, 3.8) is 0 Å². The molecule has 0 amide bonds. The van der Waals surface area contributed by atoms with Crippen LogP contribution in [0.25, 0.3) is 0 Å². The van der Waals surface area contributed by atoms with E-state index in [-0.39, 0.29) is 27.3 Å². The maximum absolute atomic E-state index is 2.37. The first-order chi connectivity index (χ1) is 6.00. The Morgan fingerprint density at radius 3 is 1.79 bits per heavy atom. The van der Waals surface area contributed by atoms with Crippen molar-refractivity contribution in [3.8, 4) is 0 Å². The molecular formula is C11H17LiPSi. The van der Waals surface area contributed by atoms with Crippen molar-refractivity contribution in [1.29, 1.82) is 0 Å². The van der Waals surface area contributed by atoms with Crippen LogP contribution in [0.15, 0.2) is 12.1 Å². The van der Waals surface area contributed by atoms with Gasteiger partial charge in [0.1, 0.15) is 0 Å². The second kappa shape index (κ2) is 6.14. The predicted octanol–water partition coefficient (Wildman–Crippen LogP) is 0.438. The number of hydrogen-bond acceptors (Lipinski definition) is 0. The van der Waals surface area contributed by atoms with E-state index in [1.54, 1.807) is 13.4 Å². The van der Waals surface area contributed by atoms with Gasteiger partial charge in [0.25, 0.3) is 0 Å². The van der Waals surface area contributed by atoms with Crippen LogP contribution in [-0.4, -0.2) is 8.46 Å². The minimum atomic E-state index is -0.172. The summed E-state index contributed by atoms with van der Waals surface area (Å²) in [5.74, 6) is 0. The molecule has 71 valence electrons. The van der Waals surface area contributed by atoms with E-state index in [1.807, 2.05) is 0 Å². The minimum Gasteiger partial charge on any atom is -0.510 e. The quantitative estimate of drug-likeness (QED) is 0.496. The molecule has 0 aromatic heterocycles. The van der Waals surface area contributed by atoms with Gasteiger partial charge in [-0.1, -0.05) is 41.9 Å². The molecule has 1 radical (unpaired) electrons. The first kappa shape index (κ1) is 14.5. The van der Waals surface area contributed by atoms with Crippen molar-refractivity contribution >= 4 is 21.9 Å². The molecule has 0 nitrogen and oxygen atoms in total. The van der Waals surface area contributed by atoms with E-state index in [0.717, 1.165) is 0 Å². The van der Waals surface area contributed by atoms with E-state index in [1.165, 1.54) is 16.7 Å². The maximum atomic E-state index is 2.37. The van der Waals surface area contributed by atoms with Crippen LogP contribution in [0.5, 0.6) is 0 Å². The van der Waals surface area contributed by atoms with Gasteiger partial charge >= 0.3 is 18.9 Å². The third-order valence-corrected chi connectivity index (χ3v) is 5.36. The molecule has 0 unspecified atom stereocenters. The van der Waals surface area contributed by atoms with Gasteiger partial charge in [-0.2, -0.15) is 0 Å². The molecular weight excluding hydrogens is 198 g/mol. The average molecular weight is 215 g/mol. The average Bonchev–Trinajstić information content (AvgIpc) is 1.96. The standard InChI is InChI=1S/C11H17PSi.Li/c1-8-6-9(2)11(10(3)7-8)12-13(4)5;/h6-7H,1-5H3;/q-1;+1. The maximum Gasteiger partial charge on any atom is 1.00 e. The van der Waals surface area contributed by atoms with Crippen molar-refractivity contribution in [2.24, 2.45) is 0 Å². The topological polar surface area (TPSA) is 0 Å².